The fourth-order valence-corrected chi connectivity index (χ4v) is 3.44. The van der Waals surface area contributed by atoms with Gasteiger partial charge >= 0.3 is 0 Å². The summed E-state index contributed by atoms with van der Waals surface area (Å²) in [5.74, 6) is 1.18. The first kappa shape index (κ1) is 22.7. The number of hydrogen-bond acceptors (Lipinski definition) is 3. The summed E-state index contributed by atoms with van der Waals surface area (Å²) in [6.45, 7) is 4.73. The van der Waals surface area contributed by atoms with Crippen LogP contribution in [0.5, 0.6) is 11.5 Å². The molecule has 0 aliphatic carbocycles. The number of carbonyl (C=O) groups is 1. The molecule has 162 valence electrons. The molecule has 0 radical (unpaired) electrons. The molecule has 0 aliphatic rings. The monoisotopic (exact) mass is 437 g/mol. The lowest BCUT2D eigenvalue weighted by Crippen LogP contribution is -2.33. The smallest absolute Gasteiger partial charge is 0.251 e. The van der Waals surface area contributed by atoms with Gasteiger partial charge in [0.05, 0.1) is 11.6 Å². The van der Waals surface area contributed by atoms with Gasteiger partial charge in [0.2, 0.25) is 0 Å². The number of benzene rings is 3. The third-order valence-corrected chi connectivity index (χ3v) is 5.24. The van der Waals surface area contributed by atoms with Crippen molar-refractivity contribution < 1.29 is 14.3 Å². The molecule has 31 heavy (non-hydrogen) atoms. The van der Waals surface area contributed by atoms with Crippen LogP contribution in [0.1, 0.15) is 41.8 Å². The second-order valence-electron chi connectivity index (χ2n) is 7.37. The topological polar surface area (TPSA) is 47.6 Å². The van der Waals surface area contributed by atoms with Gasteiger partial charge in [-0.25, -0.2) is 0 Å². The van der Waals surface area contributed by atoms with Gasteiger partial charge in [0.15, 0.2) is 0 Å². The maximum atomic E-state index is 12.8. The highest BCUT2D eigenvalue weighted by molar-refractivity contribution is 6.32. The molecule has 0 saturated carbocycles. The van der Waals surface area contributed by atoms with Crippen molar-refractivity contribution in [2.24, 2.45) is 0 Å². The van der Waals surface area contributed by atoms with Gasteiger partial charge in [0.25, 0.3) is 5.91 Å². The maximum Gasteiger partial charge on any atom is 0.251 e. The number of halogens is 1. The average molecular weight is 438 g/mol. The van der Waals surface area contributed by atoms with Gasteiger partial charge in [-0.3, -0.25) is 4.79 Å². The van der Waals surface area contributed by atoms with Gasteiger partial charge < -0.3 is 14.8 Å². The van der Waals surface area contributed by atoms with Crippen molar-refractivity contribution in [2.75, 3.05) is 6.61 Å². The van der Waals surface area contributed by atoms with E-state index in [1.165, 1.54) is 5.56 Å². The highest BCUT2D eigenvalue weighted by Gasteiger charge is 2.14. The Morgan fingerprint density at radius 2 is 1.71 bits per heavy atom. The van der Waals surface area contributed by atoms with E-state index in [2.05, 4.69) is 17.4 Å². The molecule has 5 heteroatoms. The molecule has 0 spiro atoms. The Balaban J connectivity index is 1.65. The number of nitrogens with one attached hydrogen (secondary N) is 1. The lowest BCUT2D eigenvalue weighted by Gasteiger charge is -2.16. The van der Waals surface area contributed by atoms with E-state index in [-0.39, 0.29) is 18.6 Å². The van der Waals surface area contributed by atoms with E-state index < -0.39 is 0 Å². The van der Waals surface area contributed by atoms with Gasteiger partial charge in [0, 0.05) is 17.2 Å². The molecule has 1 amide bonds. The third kappa shape index (κ3) is 6.76. The van der Waals surface area contributed by atoms with Crippen LogP contribution in [0.3, 0.4) is 0 Å². The van der Waals surface area contributed by atoms with Gasteiger partial charge in [-0.2, -0.15) is 0 Å². The standard InChI is InChI=1S/C26H28ClNO3/c1-3-30-24-16-15-21(17-22(24)18-31-25-12-8-7-11-23(25)27)26(29)28-19(2)13-14-20-9-5-4-6-10-20/h4-12,15-17,19H,3,13-14,18H2,1-2H3,(H,28,29)/t19-/m1/s1. The van der Waals surface area contributed by atoms with Gasteiger partial charge in [-0.05, 0) is 62.6 Å². The van der Waals surface area contributed by atoms with E-state index >= 15 is 0 Å². The summed E-state index contributed by atoms with van der Waals surface area (Å²) in [4.78, 5) is 12.8. The Hall–Kier alpha value is -2.98. The van der Waals surface area contributed by atoms with Gasteiger partial charge in [0.1, 0.15) is 18.1 Å². The van der Waals surface area contributed by atoms with Crippen LogP contribution < -0.4 is 14.8 Å². The molecule has 0 saturated heterocycles. The quantitative estimate of drug-likeness (QED) is 0.418. The van der Waals surface area contributed by atoms with Crippen LogP contribution in [0.25, 0.3) is 0 Å². The first-order valence-corrected chi connectivity index (χ1v) is 10.9. The molecular formula is C26H28ClNO3. The normalized spacial score (nSPS) is 11.6. The zero-order chi connectivity index (χ0) is 22.1. The molecule has 0 fully saturated rings. The van der Waals surface area contributed by atoms with Crippen LogP contribution in [0, 0.1) is 0 Å². The molecule has 4 nitrogen and oxygen atoms in total. The largest absolute Gasteiger partial charge is 0.493 e. The number of hydrogen-bond donors (Lipinski definition) is 1. The molecule has 0 unspecified atom stereocenters. The summed E-state index contributed by atoms with van der Waals surface area (Å²) in [5, 5.41) is 3.63. The molecule has 1 N–H and O–H groups in total. The zero-order valence-electron chi connectivity index (χ0n) is 17.9. The average Bonchev–Trinajstić information content (AvgIpc) is 2.79. The first-order valence-electron chi connectivity index (χ1n) is 10.5. The predicted molar refractivity (Wildman–Crippen MR) is 125 cm³/mol. The Bertz CT molecular complexity index is 991. The summed E-state index contributed by atoms with van der Waals surface area (Å²) < 4.78 is 11.6. The van der Waals surface area contributed by atoms with E-state index in [0.717, 1.165) is 18.4 Å². The Morgan fingerprint density at radius 3 is 2.45 bits per heavy atom. The number of para-hydroxylation sites is 1. The SMILES string of the molecule is CCOc1ccc(C(=O)N[C@H](C)CCc2ccccc2)cc1COc1ccccc1Cl. The minimum Gasteiger partial charge on any atom is -0.493 e. The third-order valence-electron chi connectivity index (χ3n) is 4.93. The van der Waals surface area contributed by atoms with Crippen LogP contribution in [0.15, 0.2) is 72.8 Å². The highest BCUT2D eigenvalue weighted by Crippen LogP contribution is 2.27. The van der Waals surface area contributed by atoms with Gasteiger partial charge in [-0.15, -0.1) is 0 Å². The first-order chi connectivity index (χ1) is 15.1. The number of aryl methyl sites for hydroxylation is 1. The number of amides is 1. The summed E-state index contributed by atoms with van der Waals surface area (Å²) in [7, 11) is 0. The van der Waals surface area contributed by atoms with Crippen molar-refractivity contribution in [3.63, 3.8) is 0 Å². The second kappa shape index (κ2) is 11.4. The summed E-state index contributed by atoms with van der Waals surface area (Å²) in [6, 6.07) is 23.1. The van der Waals surface area contributed by atoms with Gasteiger partial charge in [-0.1, -0.05) is 54.1 Å². The van der Waals surface area contributed by atoms with Crippen LogP contribution in [-0.2, 0) is 13.0 Å². The van der Waals surface area contributed by atoms with Crippen molar-refractivity contribution in [1.82, 2.24) is 5.32 Å². The number of ether oxygens (including phenoxy) is 2. The van der Waals surface area contributed by atoms with Crippen molar-refractivity contribution >= 4 is 17.5 Å². The summed E-state index contributed by atoms with van der Waals surface area (Å²) >= 11 is 6.18. The van der Waals surface area contributed by atoms with E-state index in [4.69, 9.17) is 21.1 Å². The fraction of sp³-hybridized carbons (Fsp3) is 0.269. The number of carbonyl (C=O) groups excluding carboxylic acids is 1. The fourth-order valence-electron chi connectivity index (χ4n) is 3.25. The Labute approximate surface area is 189 Å². The minimum atomic E-state index is -0.109. The van der Waals surface area contributed by atoms with Crippen LogP contribution >= 0.6 is 11.6 Å². The zero-order valence-corrected chi connectivity index (χ0v) is 18.7. The molecule has 0 aromatic heterocycles. The van der Waals surface area contributed by atoms with E-state index in [0.29, 0.717) is 28.7 Å². The lowest BCUT2D eigenvalue weighted by atomic mass is 10.1. The molecule has 0 aliphatic heterocycles. The minimum absolute atomic E-state index is 0.0575. The maximum absolute atomic E-state index is 12.8. The van der Waals surface area contributed by atoms with E-state index in [1.54, 1.807) is 12.1 Å². The summed E-state index contributed by atoms with van der Waals surface area (Å²) in [6.07, 6.45) is 1.79. The molecule has 3 aromatic rings. The van der Waals surface area contributed by atoms with Crippen molar-refractivity contribution in [1.29, 1.82) is 0 Å². The predicted octanol–water partition coefficient (Wildman–Crippen LogP) is 6.07. The van der Waals surface area contributed by atoms with Crippen molar-refractivity contribution in [3.05, 3.63) is 94.5 Å². The molecule has 1 atom stereocenters. The van der Waals surface area contributed by atoms with Crippen LogP contribution in [0.2, 0.25) is 5.02 Å². The van der Waals surface area contributed by atoms with Crippen molar-refractivity contribution in [2.45, 2.75) is 39.3 Å². The molecule has 0 heterocycles. The highest BCUT2D eigenvalue weighted by atomic mass is 35.5. The Kier molecular flexibility index (Phi) is 8.36. The summed E-state index contributed by atoms with van der Waals surface area (Å²) in [5.41, 5.74) is 2.64. The Morgan fingerprint density at radius 1 is 0.968 bits per heavy atom. The molecule has 0 bridgehead atoms. The van der Waals surface area contributed by atoms with E-state index in [9.17, 15) is 4.79 Å². The lowest BCUT2D eigenvalue weighted by molar-refractivity contribution is 0.0938. The van der Waals surface area contributed by atoms with Crippen LogP contribution in [0.4, 0.5) is 0 Å². The van der Waals surface area contributed by atoms with Crippen molar-refractivity contribution in [3.8, 4) is 11.5 Å². The van der Waals surface area contributed by atoms with E-state index in [1.807, 2.05) is 62.4 Å². The number of rotatable bonds is 10. The molecular weight excluding hydrogens is 410 g/mol. The van der Waals surface area contributed by atoms with Crippen LogP contribution in [-0.4, -0.2) is 18.6 Å². The molecule has 3 aromatic carbocycles. The molecule has 3 rings (SSSR count). The second-order valence-corrected chi connectivity index (χ2v) is 7.78.